The third-order valence-electron chi connectivity index (χ3n) is 2.46. The zero-order chi connectivity index (χ0) is 19.8. The van der Waals surface area contributed by atoms with Crippen LogP contribution >= 0.6 is 0 Å². The second kappa shape index (κ2) is 9.29. The van der Waals surface area contributed by atoms with Gasteiger partial charge in [0.1, 0.15) is 23.3 Å². The minimum Gasteiger partial charge on any atom is -0.455 e. The van der Waals surface area contributed by atoms with Crippen LogP contribution in [-0.4, -0.2) is 48.0 Å². The Balaban J connectivity index is 4.41. The number of carbonyl (C=O) groups excluding carboxylic acids is 3. The molecule has 0 rings (SSSR count). The topological polar surface area (TPSA) is 103 Å². The van der Waals surface area contributed by atoms with Crippen LogP contribution in [0.15, 0.2) is 12.7 Å². The second-order valence-electron chi connectivity index (χ2n) is 7.46. The van der Waals surface area contributed by atoms with Gasteiger partial charge in [0.15, 0.2) is 0 Å². The van der Waals surface area contributed by atoms with Crippen LogP contribution in [0.4, 0.5) is 9.59 Å². The van der Waals surface area contributed by atoms with Crippen molar-refractivity contribution in [1.29, 1.82) is 0 Å². The maximum absolute atomic E-state index is 12.0. The van der Waals surface area contributed by atoms with Crippen molar-refractivity contribution in [2.75, 3.05) is 6.54 Å². The Labute approximate surface area is 149 Å². The molecule has 8 nitrogen and oxygen atoms in total. The molecule has 0 aromatic carbocycles. The molecule has 8 heteroatoms. The van der Waals surface area contributed by atoms with Crippen LogP contribution in [0.25, 0.3) is 0 Å². The van der Waals surface area contributed by atoms with Gasteiger partial charge >= 0.3 is 18.2 Å². The van der Waals surface area contributed by atoms with Crippen LogP contribution < -0.4 is 10.6 Å². The summed E-state index contributed by atoms with van der Waals surface area (Å²) in [5, 5.41) is 4.86. The summed E-state index contributed by atoms with van der Waals surface area (Å²) in [6.45, 7) is 15.4. The number of rotatable bonds is 6. The van der Waals surface area contributed by atoms with E-state index in [-0.39, 0.29) is 6.54 Å². The third kappa shape index (κ3) is 11.9. The van der Waals surface area contributed by atoms with Crippen LogP contribution in [0.2, 0.25) is 0 Å². The van der Waals surface area contributed by atoms with Crippen molar-refractivity contribution in [2.24, 2.45) is 0 Å². The van der Waals surface area contributed by atoms with Crippen molar-refractivity contribution in [1.82, 2.24) is 10.6 Å². The zero-order valence-corrected chi connectivity index (χ0v) is 16.1. The molecule has 0 aliphatic heterocycles. The minimum atomic E-state index is -0.918. The van der Waals surface area contributed by atoms with Crippen LogP contribution in [0.1, 0.15) is 48.5 Å². The summed E-state index contributed by atoms with van der Waals surface area (Å²) in [4.78, 5) is 35.2. The summed E-state index contributed by atoms with van der Waals surface area (Å²) in [6, 6.07) is -0.918. The van der Waals surface area contributed by atoms with E-state index in [1.807, 2.05) is 0 Å². The van der Waals surface area contributed by atoms with Crippen molar-refractivity contribution < 1.29 is 28.6 Å². The minimum absolute atomic E-state index is 0.00328. The number of esters is 1. The molecule has 0 aromatic rings. The van der Waals surface area contributed by atoms with E-state index in [2.05, 4.69) is 17.2 Å². The van der Waals surface area contributed by atoms with E-state index < -0.39 is 41.5 Å². The SMILES string of the molecule is C=C[C@H](CNC(=O)OC(C)(C)C)OC(=O)[C@H](C)NC(=O)OC(C)(C)C. The molecule has 0 radical (unpaired) electrons. The summed E-state index contributed by atoms with van der Waals surface area (Å²) >= 11 is 0. The van der Waals surface area contributed by atoms with Gasteiger partial charge in [-0.25, -0.2) is 14.4 Å². The Morgan fingerprint density at radius 3 is 1.92 bits per heavy atom. The van der Waals surface area contributed by atoms with E-state index >= 15 is 0 Å². The summed E-state index contributed by atoms with van der Waals surface area (Å²) in [5.74, 6) is -0.679. The summed E-state index contributed by atoms with van der Waals surface area (Å²) in [6.07, 6.45) is -0.743. The van der Waals surface area contributed by atoms with E-state index in [0.29, 0.717) is 0 Å². The number of alkyl carbamates (subject to hydrolysis) is 2. The number of hydrogen-bond donors (Lipinski definition) is 2. The van der Waals surface area contributed by atoms with Crippen LogP contribution in [-0.2, 0) is 19.0 Å². The molecule has 144 valence electrons. The molecule has 0 heterocycles. The highest BCUT2D eigenvalue weighted by atomic mass is 16.6. The average molecular weight is 358 g/mol. The Morgan fingerprint density at radius 2 is 1.48 bits per heavy atom. The first kappa shape index (κ1) is 22.8. The van der Waals surface area contributed by atoms with E-state index in [9.17, 15) is 14.4 Å². The largest absolute Gasteiger partial charge is 0.455 e. The quantitative estimate of drug-likeness (QED) is 0.430. The van der Waals surface area contributed by atoms with Gasteiger partial charge in [-0.2, -0.15) is 0 Å². The number of hydrogen-bond acceptors (Lipinski definition) is 6. The normalized spacial score (nSPS) is 13.9. The first-order valence-electron chi connectivity index (χ1n) is 8.03. The van der Waals surface area contributed by atoms with Crippen LogP contribution in [0.3, 0.4) is 0 Å². The molecular weight excluding hydrogens is 328 g/mol. The average Bonchev–Trinajstić information content (AvgIpc) is 2.38. The standard InChI is InChI=1S/C17H30N2O6/c1-9-12(10-18-14(21)24-16(3,4)5)23-13(20)11(2)19-15(22)25-17(6,7)8/h9,11-12H,1,10H2,2-8H3,(H,18,21)(H,19,22)/t11-,12+/m0/s1. The van der Waals surface area contributed by atoms with E-state index in [0.717, 1.165) is 0 Å². The van der Waals surface area contributed by atoms with Crippen molar-refractivity contribution in [3.63, 3.8) is 0 Å². The summed E-state index contributed by atoms with van der Waals surface area (Å²) < 4.78 is 15.3. The van der Waals surface area contributed by atoms with E-state index in [1.165, 1.54) is 13.0 Å². The van der Waals surface area contributed by atoms with Gasteiger partial charge in [-0.1, -0.05) is 6.58 Å². The lowest BCUT2D eigenvalue weighted by molar-refractivity contribution is -0.148. The predicted octanol–water partition coefficient (Wildman–Crippen LogP) is 2.52. The van der Waals surface area contributed by atoms with E-state index in [1.54, 1.807) is 41.5 Å². The fraction of sp³-hybridized carbons (Fsp3) is 0.706. The van der Waals surface area contributed by atoms with Gasteiger partial charge in [0.25, 0.3) is 0 Å². The van der Waals surface area contributed by atoms with Gasteiger partial charge in [0, 0.05) is 0 Å². The maximum atomic E-state index is 12.0. The van der Waals surface area contributed by atoms with Gasteiger partial charge in [0.2, 0.25) is 0 Å². The Morgan fingerprint density at radius 1 is 1.00 bits per heavy atom. The molecule has 0 aliphatic carbocycles. The van der Waals surface area contributed by atoms with Gasteiger partial charge in [0.05, 0.1) is 6.54 Å². The molecule has 0 saturated carbocycles. The smallest absolute Gasteiger partial charge is 0.408 e. The predicted molar refractivity (Wildman–Crippen MR) is 93.1 cm³/mol. The van der Waals surface area contributed by atoms with Crippen molar-refractivity contribution in [2.45, 2.75) is 71.8 Å². The van der Waals surface area contributed by atoms with Crippen LogP contribution in [0, 0.1) is 0 Å². The zero-order valence-electron chi connectivity index (χ0n) is 16.1. The van der Waals surface area contributed by atoms with Crippen molar-refractivity contribution >= 4 is 18.2 Å². The molecule has 0 fully saturated rings. The monoisotopic (exact) mass is 358 g/mol. The number of carbonyl (C=O) groups is 3. The number of nitrogens with one attached hydrogen (secondary N) is 2. The fourth-order valence-electron chi connectivity index (χ4n) is 1.47. The van der Waals surface area contributed by atoms with Crippen LogP contribution in [0.5, 0.6) is 0 Å². The van der Waals surface area contributed by atoms with Crippen molar-refractivity contribution in [3.8, 4) is 0 Å². The van der Waals surface area contributed by atoms with Crippen molar-refractivity contribution in [3.05, 3.63) is 12.7 Å². The molecular formula is C17H30N2O6. The lowest BCUT2D eigenvalue weighted by Gasteiger charge is -2.23. The molecule has 0 bridgehead atoms. The first-order valence-corrected chi connectivity index (χ1v) is 8.03. The molecule has 2 atom stereocenters. The Bertz CT molecular complexity index is 490. The van der Waals surface area contributed by atoms with Gasteiger partial charge in [-0.15, -0.1) is 0 Å². The number of amides is 2. The molecule has 25 heavy (non-hydrogen) atoms. The molecule has 0 unspecified atom stereocenters. The third-order valence-corrected chi connectivity index (χ3v) is 2.46. The highest BCUT2D eigenvalue weighted by molar-refractivity contribution is 5.81. The molecule has 2 N–H and O–H groups in total. The van der Waals surface area contributed by atoms with E-state index in [4.69, 9.17) is 14.2 Å². The number of ether oxygens (including phenoxy) is 3. The Kier molecular flexibility index (Phi) is 8.45. The molecule has 0 spiro atoms. The molecule has 0 aromatic heterocycles. The van der Waals surface area contributed by atoms with Gasteiger partial charge < -0.3 is 24.8 Å². The summed E-state index contributed by atoms with van der Waals surface area (Å²) in [5.41, 5.74) is -1.30. The molecule has 0 aliphatic rings. The Hall–Kier alpha value is -2.25. The molecule has 2 amide bonds. The lowest BCUT2D eigenvalue weighted by Crippen LogP contribution is -2.44. The first-order chi connectivity index (χ1) is 11.2. The fourth-order valence-corrected chi connectivity index (χ4v) is 1.47. The molecule has 0 saturated heterocycles. The van der Waals surface area contributed by atoms with Gasteiger partial charge in [-0.3, -0.25) is 0 Å². The second-order valence-corrected chi connectivity index (χ2v) is 7.46. The van der Waals surface area contributed by atoms with Gasteiger partial charge in [-0.05, 0) is 54.5 Å². The highest BCUT2D eigenvalue weighted by Crippen LogP contribution is 2.08. The maximum Gasteiger partial charge on any atom is 0.408 e. The highest BCUT2D eigenvalue weighted by Gasteiger charge is 2.24. The summed E-state index contributed by atoms with van der Waals surface area (Å²) in [7, 11) is 0. The lowest BCUT2D eigenvalue weighted by atomic mass is 10.2.